The van der Waals surface area contributed by atoms with Crippen molar-refractivity contribution in [2.75, 3.05) is 6.54 Å². The Labute approximate surface area is 237 Å². The topological polar surface area (TPSA) is 121 Å². The molecule has 3 aromatic carbocycles. The van der Waals surface area contributed by atoms with E-state index in [0.717, 1.165) is 30.4 Å². The summed E-state index contributed by atoms with van der Waals surface area (Å²) < 4.78 is 38.0. The lowest BCUT2D eigenvalue weighted by Crippen LogP contribution is -2.36. The summed E-state index contributed by atoms with van der Waals surface area (Å²) in [6.45, 7) is -0.502. The van der Waals surface area contributed by atoms with Crippen molar-refractivity contribution in [1.82, 2.24) is 5.32 Å². The van der Waals surface area contributed by atoms with Gasteiger partial charge in [0.2, 0.25) is 0 Å². The van der Waals surface area contributed by atoms with Gasteiger partial charge in [0.25, 0.3) is 5.91 Å². The maximum absolute atomic E-state index is 13.6. The maximum Gasteiger partial charge on any atom is 0.446 e. The Morgan fingerprint density at radius 1 is 0.854 bits per heavy atom. The van der Waals surface area contributed by atoms with Crippen molar-refractivity contribution in [2.24, 2.45) is 0 Å². The SMILES string of the molecule is O=C(/C=C(/C(=O)c1ccc(C(=O)NCC(O)C(=O)O)cc1)c1ccc2c(c1)CCC2)c1ccc(SC(F)(F)F)cc1. The first-order valence-corrected chi connectivity index (χ1v) is 13.3. The molecule has 4 rings (SSSR count). The number of carbonyl (C=O) groups excluding carboxylic acids is 3. The molecule has 3 aromatic rings. The van der Waals surface area contributed by atoms with Crippen LogP contribution >= 0.6 is 11.8 Å². The van der Waals surface area contributed by atoms with Crippen LogP contribution in [0.2, 0.25) is 0 Å². The van der Waals surface area contributed by atoms with Gasteiger partial charge in [0.15, 0.2) is 17.7 Å². The van der Waals surface area contributed by atoms with Gasteiger partial charge in [0.1, 0.15) is 0 Å². The van der Waals surface area contributed by atoms with Crippen LogP contribution in [0.1, 0.15) is 54.2 Å². The van der Waals surface area contributed by atoms with Crippen molar-refractivity contribution in [3.05, 3.63) is 106 Å². The first-order chi connectivity index (χ1) is 19.4. The minimum absolute atomic E-state index is 0.0745. The van der Waals surface area contributed by atoms with Crippen molar-refractivity contribution in [3.8, 4) is 0 Å². The van der Waals surface area contributed by atoms with E-state index in [9.17, 15) is 37.5 Å². The summed E-state index contributed by atoms with van der Waals surface area (Å²) in [5.74, 6) is -3.21. The van der Waals surface area contributed by atoms with Crippen LogP contribution in [0.25, 0.3) is 5.57 Å². The van der Waals surface area contributed by atoms with Crippen LogP contribution < -0.4 is 5.32 Å². The highest BCUT2D eigenvalue weighted by atomic mass is 32.2. The van der Waals surface area contributed by atoms with Crippen LogP contribution in [0.4, 0.5) is 13.2 Å². The summed E-state index contributed by atoms with van der Waals surface area (Å²) in [5, 5.41) is 20.4. The number of amides is 1. The van der Waals surface area contributed by atoms with Gasteiger partial charge in [-0.1, -0.05) is 30.3 Å². The number of Topliss-reactive ketones (excluding diaryl/α,β-unsaturated/α-hetero) is 1. The quantitative estimate of drug-likeness (QED) is 0.172. The number of benzene rings is 3. The molecule has 0 saturated carbocycles. The Balaban J connectivity index is 1.61. The fourth-order valence-electron chi connectivity index (χ4n) is 4.36. The first kappa shape index (κ1) is 29.8. The van der Waals surface area contributed by atoms with Gasteiger partial charge >= 0.3 is 11.5 Å². The third-order valence-corrected chi connectivity index (χ3v) is 7.19. The lowest BCUT2D eigenvalue weighted by atomic mass is 9.92. The molecule has 1 atom stereocenters. The first-order valence-electron chi connectivity index (χ1n) is 12.5. The molecule has 0 aliphatic heterocycles. The number of fused-ring (bicyclic) bond motifs is 1. The van der Waals surface area contributed by atoms with Gasteiger partial charge in [-0.2, -0.15) is 13.2 Å². The lowest BCUT2D eigenvalue weighted by Gasteiger charge is -2.11. The summed E-state index contributed by atoms with van der Waals surface area (Å²) in [4.78, 5) is 49.7. The Bertz CT molecular complexity index is 1510. The minimum atomic E-state index is -4.46. The number of halogens is 3. The minimum Gasteiger partial charge on any atom is -0.479 e. The Hall–Kier alpha value is -4.22. The number of carboxylic acids is 1. The lowest BCUT2D eigenvalue weighted by molar-refractivity contribution is -0.146. The number of aliphatic hydroxyl groups excluding tert-OH is 1. The summed E-state index contributed by atoms with van der Waals surface area (Å²) in [7, 11) is 0. The fourth-order valence-corrected chi connectivity index (χ4v) is 4.90. The van der Waals surface area contributed by atoms with E-state index in [2.05, 4.69) is 5.32 Å². The van der Waals surface area contributed by atoms with E-state index in [1.807, 2.05) is 12.1 Å². The predicted molar refractivity (Wildman–Crippen MR) is 146 cm³/mol. The molecule has 0 fully saturated rings. The molecule has 3 N–H and O–H groups in total. The van der Waals surface area contributed by atoms with E-state index in [4.69, 9.17) is 5.11 Å². The number of hydrogen-bond donors (Lipinski definition) is 3. The molecule has 0 spiro atoms. The van der Waals surface area contributed by atoms with Gasteiger partial charge in [0.05, 0.1) is 6.54 Å². The highest BCUT2D eigenvalue weighted by Crippen LogP contribution is 2.37. The number of ketones is 2. The third-order valence-electron chi connectivity index (χ3n) is 6.45. The number of alkyl halides is 3. The number of rotatable bonds is 10. The second kappa shape index (κ2) is 12.5. The molecule has 11 heteroatoms. The zero-order valence-corrected chi connectivity index (χ0v) is 22.2. The van der Waals surface area contributed by atoms with E-state index in [1.165, 1.54) is 54.6 Å². The van der Waals surface area contributed by atoms with Crippen molar-refractivity contribution in [2.45, 2.75) is 35.8 Å². The highest BCUT2D eigenvalue weighted by molar-refractivity contribution is 8.00. The molecule has 1 amide bonds. The van der Waals surface area contributed by atoms with Gasteiger partial charge in [-0.05, 0) is 90.2 Å². The number of nitrogens with one attached hydrogen (secondary N) is 1. The number of carbonyl (C=O) groups is 4. The molecule has 212 valence electrons. The number of hydrogen-bond acceptors (Lipinski definition) is 6. The zero-order valence-electron chi connectivity index (χ0n) is 21.4. The van der Waals surface area contributed by atoms with E-state index >= 15 is 0 Å². The second-order valence-corrected chi connectivity index (χ2v) is 10.4. The van der Waals surface area contributed by atoms with Crippen LogP contribution in [-0.2, 0) is 17.6 Å². The molecule has 0 saturated heterocycles. The maximum atomic E-state index is 13.6. The number of aliphatic carboxylic acids is 1. The molecular formula is C30H24F3NO6S. The molecule has 7 nitrogen and oxygen atoms in total. The molecule has 41 heavy (non-hydrogen) atoms. The van der Waals surface area contributed by atoms with Crippen LogP contribution in [0, 0.1) is 0 Å². The van der Waals surface area contributed by atoms with Gasteiger partial charge in [0, 0.05) is 27.2 Å². The van der Waals surface area contributed by atoms with Crippen molar-refractivity contribution in [3.63, 3.8) is 0 Å². The number of carboxylic acid groups (broad SMARTS) is 1. The summed E-state index contributed by atoms with van der Waals surface area (Å²) in [5.41, 5.74) is -1.24. The molecule has 1 aliphatic carbocycles. The number of thioether (sulfide) groups is 1. The van der Waals surface area contributed by atoms with Crippen LogP contribution in [-0.4, -0.2) is 51.8 Å². The van der Waals surface area contributed by atoms with Crippen LogP contribution in [0.5, 0.6) is 0 Å². The average Bonchev–Trinajstić information content (AvgIpc) is 3.41. The Morgan fingerprint density at radius 2 is 1.44 bits per heavy atom. The summed E-state index contributed by atoms with van der Waals surface area (Å²) in [6.07, 6.45) is 2.12. The van der Waals surface area contributed by atoms with Crippen molar-refractivity contribution in [1.29, 1.82) is 0 Å². The Morgan fingerprint density at radius 3 is 2.07 bits per heavy atom. The summed E-state index contributed by atoms with van der Waals surface area (Å²) >= 11 is -0.294. The van der Waals surface area contributed by atoms with E-state index < -0.39 is 41.6 Å². The standard InChI is InChI=1S/C30H24F3NO6S/c31-30(32,33)41-23-12-10-18(11-13-23)25(35)15-24(22-9-4-17-2-1-3-21(17)14-22)27(37)19-5-7-20(8-6-19)28(38)34-16-26(36)29(39)40/h4-15,26,36H,1-3,16H2,(H,34,38)(H,39,40)/b24-15+. The number of aliphatic hydroxyl groups is 1. The fraction of sp³-hybridized carbons (Fsp3) is 0.200. The van der Waals surface area contributed by atoms with E-state index in [1.54, 1.807) is 6.07 Å². The van der Waals surface area contributed by atoms with Gasteiger partial charge in [-0.3, -0.25) is 14.4 Å². The van der Waals surface area contributed by atoms with Gasteiger partial charge in [-0.25, -0.2) is 4.79 Å². The number of aryl methyl sites for hydroxylation is 2. The largest absolute Gasteiger partial charge is 0.479 e. The molecular weight excluding hydrogens is 559 g/mol. The highest BCUT2D eigenvalue weighted by Gasteiger charge is 2.29. The van der Waals surface area contributed by atoms with Gasteiger partial charge in [-0.15, -0.1) is 0 Å². The zero-order chi connectivity index (χ0) is 29.7. The normalized spacial score (nSPS) is 13.8. The van der Waals surface area contributed by atoms with Gasteiger partial charge < -0.3 is 15.5 Å². The molecule has 1 unspecified atom stereocenters. The number of allylic oxidation sites excluding steroid dienone is 2. The van der Waals surface area contributed by atoms with E-state index in [0.29, 0.717) is 5.56 Å². The summed E-state index contributed by atoms with van der Waals surface area (Å²) in [6, 6.07) is 15.9. The second-order valence-electron chi connectivity index (χ2n) is 9.30. The molecule has 0 heterocycles. The third kappa shape index (κ3) is 7.71. The van der Waals surface area contributed by atoms with E-state index in [-0.39, 0.29) is 38.9 Å². The van der Waals surface area contributed by atoms with Crippen molar-refractivity contribution < 1.29 is 42.6 Å². The van der Waals surface area contributed by atoms with Crippen LogP contribution in [0.3, 0.4) is 0 Å². The Kier molecular flexibility index (Phi) is 9.09. The molecule has 1 aliphatic rings. The average molecular weight is 584 g/mol. The molecule has 0 radical (unpaired) electrons. The molecule has 0 aromatic heterocycles. The van der Waals surface area contributed by atoms with Crippen molar-refractivity contribution >= 4 is 40.8 Å². The smallest absolute Gasteiger partial charge is 0.446 e. The molecule has 0 bridgehead atoms. The predicted octanol–water partition coefficient (Wildman–Crippen LogP) is 5.11. The van der Waals surface area contributed by atoms with Crippen LogP contribution in [0.15, 0.2) is 77.7 Å². The monoisotopic (exact) mass is 583 g/mol.